The molecule has 5 nitrogen and oxygen atoms in total. The molecule has 3 rings (SSSR count). The summed E-state index contributed by atoms with van der Waals surface area (Å²) < 4.78 is 5.62. The van der Waals surface area contributed by atoms with Crippen LogP contribution in [0.1, 0.15) is 21.8 Å². The van der Waals surface area contributed by atoms with Gasteiger partial charge in [0.15, 0.2) is 5.58 Å². The fraction of sp³-hybridized carbons (Fsp3) is 0.500. The van der Waals surface area contributed by atoms with Crippen LogP contribution >= 0.6 is 0 Å². The summed E-state index contributed by atoms with van der Waals surface area (Å²) in [4.78, 5) is 19.7. The van der Waals surface area contributed by atoms with Crippen LogP contribution < -0.4 is 0 Å². The van der Waals surface area contributed by atoms with Gasteiger partial charge in [0.05, 0.1) is 5.52 Å². The van der Waals surface area contributed by atoms with Gasteiger partial charge in [-0.25, -0.2) is 0 Å². The van der Waals surface area contributed by atoms with Gasteiger partial charge in [0.2, 0.25) is 0 Å². The smallest absolute Gasteiger partial charge is 0.270 e. The Kier molecular flexibility index (Phi) is 2.86. The number of furan rings is 1. The van der Waals surface area contributed by atoms with Crippen molar-refractivity contribution in [1.29, 1.82) is 0 Å². The SMILES string of the molecule is Cc1oc2cc(C(=O)N3CCN(C)CC3)[nH]c2c1C. The molecule has 1 saturated heterocycles. The van der Waals surface area contributed by atoms with E-state index in [2.05, 4.69) is 16.9 Å². The number of nitrogens with one attached hydrogen (secondary N) is 1. The molecule has 0 atom stereocenters. The molecule has 2 aromatic heterocycles. The minimum atomic E-state index is 0.0663. The van der Waals surface area contributed by atoms with Crippen molar-refractivity contribution in [2.24, 2.45) is 0 Å². The normalized spacial score (nSPS) is 17.3. The Morgan fingerprint density at radius 3 is 2.58 bits per heavy atom. The molecular weight excluding hydrogens is 242 g/mol. The largest absolute Gasteiger partial charge is 0.459 e. The Morgan fingerprint density at radius 1 is 1.26 bits per heavy atom. The third-order valence-corrected chi connectivity index (χ3v) is 3.97. The molecule has 0 radical (unpaired) electrons. The van der Waals surface area contributed by atoms with Crippen molar-refractivity contribution in [3.63, 3.8) is 0 Å². The van der Waals surface area contributed by atoms with Gasteiger partial charge in [-0.2, -0.15) is 0 Å². The second kappa shape index (κ2) is 4.42. The Bertz CT molecular complexity index is 618. The number of carbonyl (C=O) groups is 1. The summed E-state index contributed by atoms with van der Waals surface area (Å²) in [5, 5.41) is 0. The van der Waals surface area contributed by atoms with Crippen LogP contribution in [-0.4, -0.2) is 53.9 Å². The maximum Gasteiger partial charge on any atom is 0.270 e. The summed E-state index contributed by atoms with van der Waals surface area (Å²) in [7, 11) is 2.08. The third kappa shape index (κ3) is 2.04. The summed E-state index contributed by atoms with van der Waals surface area (Å²) >= 11 is 0. The van der Waals surface area contributed by atoms with Crippen molar-refractivity contribution >= 4 is 17.0 Å². The predicted molar refractivity (Wildman–Crippen MR) is 73.4 cm³/mol. The fourth-order valence-corrected chi connectivity index (χ4v) is 2.51. The molecule has 5 heteroatoms. The first-order valence-electron chi connectivity index (χ1n) is 6.63. The van der Waals surface area contributed by atoms with Gasteiger partial charge in [-0.15, -0.1) is 0 Å². The lowest BCUT2D eigenvalue weighted by molar-refractivity contribution is 0.0659. The summed E-state index contributed by atoms with van der Waals surface area (Å²) in [5.41, 5.74) is 3.41. The third-order valence-electron chi connectivity index (χ3n) is 3.97. The zero-order valence-electron chi connectivity index (χ0n) is 11.6. The van der Waals surface area contributed by atoms with Crippen LogP contribution in [0.5, 0.6) is 0 Å². The number of aryl methyl sites for hydroxylation is 2. The molecular formula is C14H19N3O2. The molecule has 0 saturated carbocycles. The number of hydrogen-bond acceptors (Lipinski definition) is 3. The minimum Gasteiger partial charge on any atom is -0.459 e. The van der Waals surface area contributed by atoms with E-state index in [1.807, 2.05) is 24.8 Å². The highest BCUT2D eigenvalue weighted by molar-refractivity contribution is 5.97. The van der Waals surface area contributed by atoms with Gasteiger partial charge in [0.1, 0.15) is 11.5 Å². The van der Waals surface area contributed by atoms with Crippen LogP contribution in [0, 0.1) is 13.8 Å². The molecule has 1 N–H and O–H groups in total. The van der Waals surface area contributed by atoms with E-state index in [0.29, 0.717) is 5.69 Å². The standard InChI is InChI=1S/C14H19N3O2/c1-9-10(2)19-12-8-11(15-13(9)12)14(18)17-6-4-16(3)5-7-17/h8,15H,4-7H2,1-3H3. The number of likely N-dealkylation sites (N-methyl/N-ethyl adjacent to an activating group) is 1. The molecule has 0 unspecified atom stereocenters. The maximum absolute atomic E-state index is 12.4. The van der Waals surface area contributed by atoms with Crippen LogP contribution in [0.25, 0.3) is 11.1 Å². The van der Waals surface area contributed by atoms with Crippen LogP contribution in [0.15, 0.2) is 10.5 Å². The van der Waals surface area contributed by atoms with E-state index in [1.165, 1.54) is 0 Å². The average Bonchev–Trinajstić information content (AvgIpc) is 2.91. The number of piperazine rings is 1. The van der Waals surface area contributed by atoms with E-state index in [4.69, 9.17) is 4.42 Å². The zero-order valence-corrected chi connectivity index (χ0v) is 11.6. The first-order valence-corrected chi connectivity index (χ1v) is 6.63. The van der Waals surface area contributed by atoms with Crippen molar-refractivity contribution in [3.8, 4) is 0 Å². The molecule has 1 amide bonds. The monoisotopic (exact) mass is 261 g/mol. The van der Waals surface area contributed by atoms with E-state index in [0.717, 1.165) is 48.6 Å². The lowest BCUT2D eigenvalue weighted by Crippen LogP contribution is -2.47. The number of rotatable bonds is 1. The predicted octanol–water partition coefficient (Wildman–Crippen LogP) is 1.77. The van der Waals surface area contributed by atoms with Crippen molar-refractivity contribution in [1.82, 2.24) is 14.8 Å². The van der Waals surface area contributed by atoms with Gasteiger partial charge in [0, 0.05) is 37.8 Å². The van der Waals surface area contributed by atoms with E-state index < -0.39 is 0 Å². The topological polar surface area (TPSA) is 52.5 Å². The number of H-pyrrole nitrogens is 1. The molecule has 19 heavy (non-hydrogen) atoms. The van der Waals surface area contributed by atoms with Crippen LogP contribution in [-0.2, 0) is 0 Å². The highest BCUT2D eigenvalue weighted by Gasteiger charge is 2.23. The second-order valence-corrected chi connectivity index (χ2v) is 5.30. The molecule has 0 spiro atoms. The fourth-order valence-electron chi connectivity index (χ4n) is 2.51. The number of hydrogen-bond donors (Lipinski definition) is 1. The Morgan fingerprint density at radius 2 is 1.95 bits per heavy atom. The molecule has 0 aromatic carbocycles. The van der Waals surface area contributed by atoms with Gasteiger partial charge < -0.3 is 19.2 Å². The van der Waals surface area contributed by atoms with Crippen LogP contribution in [0.2, 0.25) is 0 Å². The Balaban J connectivity index is 1.85. The second-order valence-electron chi connectivity index (χ2n) is 5.30. The number of amides is 1. The lowest BCUT2D eigenvalue weighted by atomic mass is 10.3. The van der Waals surface area contributed by atoms with Crippen molar-refractivity contribution in [2.45, 2.75) is 13.8 Å². The van der Waals surface area contributed by atoms with Gasteiger partial charge in [-0.3, -0.25) is 4.79 Å². The Hall–Kier alpha value is -1.75. The average molecular weight is 261 g/mol. The van der Waals surface area contributed by atoms with Crippen molar-refractivity contribution in [3.05, 3.63) is 23.1 Å². The summed E-state index contributed by atoms with van der Waals surface area (Å²) in [5.74, 6) is 0.969. The van der Waals surface area contributed by atoms with Gasteiger partial charge in [0.25, 0.3) is 5.91 Å². The first-order chi connectivity index (χ1) is 9.06. The number of fused-ring (bicyclic) bond motifs is 1. The number of carbonyl (C=O) groups excluding carboxylic acids is 1. The highest BCUT2D eigenvalue weighted by Crippen LogP contribution is 2.25. The number of nitrogens with zero attached hydrogens (tertiary/aromatic N) is 2. The van der Waals surface area contributed by atoms with Crippen molar-refractivity contribution < 1.29 is 9.21 Å². The molecule has 1 aliphatic heterocycles. The molecule has 1 aliphatic rings. The van der Waals surface area contributed by atoms with Crippen LogP contribution in [0.4, 0.5) is 0 Å². The Labute approximate surface area is 112 Å². The summed E-state index contributed by atoms with van der Waals surface area (Å²) in [6.07, 6.45) is 0. The van der Waals surface area contributed by atoms with Crippen molar-refractivity contribution in [2.75, 3.05) is 33.2 Å². The van der Waals surface area contributed by atoms with E-state index in [1.54, 1.807) is 0 Å². The first kappa shape index (κ1) is 12.3. The molecule has 2 aromatic rings. The zero-order chi connectivity index (χ0) is 13.6. The minimum absolute atomic E-state index is 0.0663. The van der Waals surface area contributed by atoms with E-state index >= 15 is 0 Å². The molecule has 0 bridgehead atoms. The summed E-state index contributed by atoms with van der Waals surface area (Å²) in [6, 6.07) is 1.82. The van der Waals surface area contributed by atoms with Gasteiger partial charge in [-0.1, -0.05) is 0 Å². The molecule has 102 valence electrons. The number of aromatic nitrogens is 1. The van der Waals surface area contributed by atoms with Crippen LogP contribution in [0.3, 0.4) is 0 Å². The van der Waals surface area contributed by atoms with E-state index in [9.17, 15) is 4.79 Å². The molecule has 0 aliphatic carbocycles. The highest BCUT2D eigenvalue weighted by atomic mass is 16.3. The molecule has 1 fully saturated rings. The van der Waals surface area contributed by atoms with Gasteiger partial charge >= 0.3 is 0 Å². The van der Waals surface area contributed by atoms with E-state index in [-0.39, 0.29) is 5.91 Å². The molecule has 3 heterocycles. The number of aromatic amines is 1. The van der Waals surface area contributed by atoms with Gasteiger partial charge in [-0.05, 0) is 20.9 Å². The quantitative estimate of drug-likeness (QED) is 0.851. The maximum atomic E-state index is 12.4. The summed E-state index contributed by atoms with van der Waals surface area (Å²) in [6.45, 7) is 7.37. The lowest BCUT2D eigenvalue weighted by Gasteiger charge is -2.32.